The van der Waals surface area contributed by atoms with E-state index in [9.17, 15) is 8.42 Å². The third-order valence-corrected chi connectivity index (χ3v) is 4.76. The van der Waals surface area contributed by atoms with Crippen molar-refractivity contribution in [2.75, 3.05) is 11.6 Å². The number of hydrogen-bond donors (Lipinski definition) is 1. The summed E-state index contributed by atoms with van der Waals surface area (Å²) < 4.78 is 29.2. The van der Waals surface area contributed by atoms with Gasteiger partial charge in [-0.25, -0.2) is 18.4 Å². The van der Waals surface area contributed by atoms with E-state index in [1.807, 2.05) is 37.3 Å². The SMILES string of the molecule is Cc1cccc(NCc2cccnc2Oc2cccc(S(C)(=O)=O)c2)n1. The van der Waals surface area contributed by atoms with Crippen LogP contribution in [-0.2, 0) is 16.4 Å². The summed E-state index contributed by atoms with van der Waals surface area (Å²) in [6.45, 7) is 2.41. The van der Waals surface area contributed by atoms with Crippen molar-refractivity contribution in [1.82, 2.24) is 9.97 Å². The molecule has 0 atom stereocenters. The summed E-state index contributed by atoms with van der Waals surface area (Å²) >= 11 is 0. The molecular weight excluding hydrogens is 350 g/mol. The molecule has 0 spiro atoms. The van der Waals surface area contributed by atoms with Crippen LogP contribution >= 0.6 is 0 Å². The highest BCUT2D eigenvalue weighted by atomic mass is 32.2. The zero-order valence-electron chi connectivity index (χ0n) is 14.5. The van der Waals surface area contributed by atoms with Gasteiger partial charge in [0.05, 0.1) is 4.90 Å². The fourth-order valence-corrected chi connectivity index (χ4v) is 3.01. The van der Waals surface area contributed by atoms with Crippen LogP contribution in [0, 0.1) is 6.92 Å². The summed E-state index contributed by atoms with van der Waals surface area (Å²) in [5, 5.41) is 3.24. The quantitative estimate of drug-likeness (QED) is 0.715. The van der Waals surface area contributed by atoms with E-state index in [-0.39, 0.29) is 4.90 Å². The van der Waals surface area contributed by atoms with Crippen molar-refractivity contribution in [2.45, 2.75) is 18.4 Å². The number of anilines is 1. The Hall–Kier alpha value is -2.93. The lowest BCUT2D eigenvalue weighted by Crippen LogP contribution is -2.04. The summed E-state index contributed by atoms with van der Waals surface area (Å²) in [7, 11) is -3.30. The lowest BCUT2D eigenvalue weighted by Gasteiger charge is -2.12. The first-order valence-corrected chi connectivity index (χ1v) is 9.90. The number of aryl methyl sites for hydroxylation is 1. The van der Waals surface area contributed by atoms with Crippen molar-refractivity contribution in [3.63, 3.8) is 0 Å². The molecule has 2 heterocycles. The molecule has 0 bridgehead atoms. The van der Waals surface area contributed by atoms with Crippen LogP contribution < -0.4 is 10.1 Å². The lowest BCUT2D eigenvalue weighted by molar-refractivity contribution is 0.455. The summed E-state index contributed by atoms with van der Waals surface area (Å²) in [5.74, 6) is 1.60. The predicted molar refractivity (Wildman–Crippen MR) is 100 cm³/mol. The van der Waals surface area contributed by atoms with Crippen molar-refractivity contribution in [2.24, 2.45) is 0 Å². The van der Waals surface area contributed by atoms with E-state index in [1.54, 1.807) is 18.3 Å². The topological polar surface area (TPSA) is 81.2 Å². The van der Waals surface area contributed by atoms with E-state index >= 15 is 0 Å². The van der Waals surface area contributed by atoms with Gasteiger partial charge >= 0.3 is 0 Å². The van der Waals surface area contributed by atoms with Crippen LogP contribution in [0.1, 0.15) is 11.3 Å². The fourth-order valence-electron chi connectivity index (χ4n) is 2.36. The maximum absolute atomic E-state index is 11.7. The Kier molecular flexibility index (Phi) is 5.18. The Morgan fingerprint density at radius 2 is 1.88 bits per heavy atom. The molecule has 0 fully saturated rings. The third kappa shape index (κ3) is 4.58. The van der Waals surface area contributed by atoms with E-state index in [0.29, 0.717) is 18.2 Å². The second-order valence-corrected chi connectivity index (χ2v) is 7.85. The number of aromatic nitrogens is 2. The molecule has 0 aliphatic carbocycles. The number of nitrogens with zero attached hydrogens (tertiary/aromatic N) is 2. The highest BCUT2D eigenvalue weighted by molar-refractivity contribution is 7.90. The Morgan fingerprint density at radius 1 is 1.08 bits per heavy atom. The van der Waals surface area contributed by atoms with Crippen molar-refractivity contribution in [1.29, 1.82) is 0 Å². The molecule has 1 aromatic carbocycles. The van der Waals surface area contributed by atoms with Crippen LogP contribution in [0.2, 0.25) is 0 Å². The van der Waals surface area contributed by atoms with E-state index in [0.717, 1.165) is 23.3 Å². The van der Waals surface area contributed by atoms with Crippen LogP contribution in [0.3, 0.4) is 0 Å². The van der Waals surface area contributed by atoms with E-state index in [1.165, 1.54) is 12.1 Å². The summed E-state index contributed by atoms with van der Waals surface area (Å²) in [4.78, 5) is 8.87. The Balaban J connectivity index is 1.79. The summed E-state index contributed by atoms with van der Waals surface area (Å²) in [5.41, 5.74) is 1.76. The maximum atomic E-state index is 11.7. The minimum Gasteiger partial charge on any atom is -0.439 e. The Bertz CT molecular complexity index is 1020. The number of rotatable bonds is 6. The van der Waals surface area contributed by atoms with Crippen molar-refractivity contribution < 1.29 is 13.2 Å². The van der Waals surface area contributed by atoms with Gasteiger partial charge < -0.3 is 10.1 Å². The van der Waals surface area contributed by atoms with Gasteiger partial charge in [-0.05, 0) is 43.3 Å². The van der Waals surface area contributed by atoms with E-state index in [2.05, 4.69) is 15.3 Å². The molecule has 26 heavy (non-hydrogen) atoms. The lowest BCUT2D eigenvalue weighted by atomic mass is 10.2. The molecule has 2 aromatic heterocycles. The average molecular weight is 369 g/mol. The number of sulfone groups is 1. The first-order chi connectivity index (χ1) is 12.4. The van der Waals surface area contributed by atoms with Crippen LogP contribution in [-0.4, -0.2) is 24.6 Å². The zero-order chi connectivity index (χ0) is 18.6. The minimum absolute atomic E-state index is 0.203. The number of pyridine rings is 2. The number of hydrogen-bond acceptors (Lipinski definition) is 6. The van der Waals surface area contributed by atoms with E-state index < -0.39 is 9.84 Å². The molecule has 1 N–H and O–H groups in total. The van der Waals surface area contributed by atoms with Crippen LogP contribution in [0.25, 0.3) is 0 Å². The molecular formula is C19H19N3O3S. The predicted octanol–water partition coefficient (Wildman–Crippen LogP) is 3.59. The zero-order valence-corrected chi connectivity index (χ0v) is 15.3. The smallest absolute Gasteiger partial charge is 0.224 e. The van der Waals surface area contributed by atoms with Gasteiger partial charge in [-0.15, -0.1) is 0 Å². The summed E-state index contributed by atoms with van der Waals surface area (Å²) in [6.07, 6.45) is 2.79. The molecule has 0 radical (unpaired) electrons. The molecule has 0 aliphatic heterocycles. The highest BCUT2D eigenvalue weighted by Gasteiger charge is 2.11. The van der Waals surface area contributed by atoms with Gasteiger partial charge in [0.2, 0.25) is 5.88 Å². The number of benzene rings is 1. The largest absolute Gasteiger partial charge is 0.439 e. The normalized spacial score (nSPS) is 11.2. The molecule has 3 aromatic rings. The van der Waals surface area contributed by atoms with Gasteiger partial charge in [0.25, 0.3) is 0 Å². The Morgan fingerprint density at radius 3 is 2.65 bits per heavy atom. The average Bonchev–Trinajstić information content (AvgIpc) is 2.61. The van der Waals surface area contributed by atoms with Crippen LogP contribution in [0.5, 0.6) is 11.6 Å². The van der Waals surface area contributed by atoms with Crippen molar-refractivity contribution in [3.8, 4) is 11.6 Å². The molecule has 0 saturated heterocycles. The fraction of sp³-hybridized carbons (Fsp3) is 0.158. The van der Waals surface area contributed by atoms with Gasteiger partial charge in [0, 0.05) is 30.3 Å². The van der Waals surface area contributed by atoms with Crippen LogP contribution in [0.15, 0.2) is 65.7 Å². The third-order valence-electron chi connectivity index (χ3n) is 3.65. The molecule has 0 saturated carbocycles. The molecule has 7 heteroatoms. The van der Waals surface area contributed by atoms with Gasteiger partial charge in [-0.1, -0.05) is 18.2 Å². The Labute approximate surface area is 152 Å². The second-order valence-electron chi connectivity index (χ2n) is 5.83. The molecule has 6 nitrogen and oxygen atoms in total. The highest BCUT2D eigenvalue weighted by Crippen LogP contribution is 2.25. The van der Waals surface area contributed by atoms with Gasteiger partial charge in [-0.3, -0.25) is 0 Å². The van der Waals surface area contributed by atoms with Gasteiger partial charge in [0.15, 0.2) is 9.84 Å². The van der Waals surface area contributed by atoms with Gasteiger partial charge in [0.1, 0.15) is 11.6 Å². The van der Waals surface area contributed by atoms with Gasteiger partial charge in [-0.2, -0.15) is 0 Å². The minimum atomic E-state index is -3.30. The maximum Gasteiger partial charge on any atom is 0.224 e. The molecule has 0 unspecified atom stereocenters. The first kappa shape index (κ1) is 17.9. The molecule has 0 aliphatic rings. The summed E-state index contributed by atoms with van der Waals surface area (Å²) in [6, 6.07) is 15.8. The molecule has 0 amide bonds. The standard InChI is InChI=1S/C19H19N3O3S/c1-14-6-3-10-18(22-14)21-13-15-7-5-11-20-19(15)25-16-8-4-9-17(12-16)26(2,23)24/h3-12H,13H2,1-2H3,(H,21,22). The van der Waals surface area contributed by atoms with Crippen molar-refractivity contribution >= 4 is 15.7 Å². The molecule has 134 valence electrons. The second kappa shape index (κ2) is 7.53. The van der Waals surface area contributed by atoms with E-state index in [4.69, 9.17) is 4.74 Å². The molecule has 3 rings (SSSR count). The number of ether oxygens (including phenoxy) is 1. The van der Waals surface area contributed by atoms with Crippen LogP contribution in [0.4, 0.5) is 5.82 Å². The first-order valence-electron chi connectivity index (χ1n) is 8.01. The van der Waals surface area contributed by atoms with Crippen molar-refractivity contribution in [3.05, 3.63) is 72.1 Å². The monoisotopic (exact) mass is 369 g/mol. The number of nitrogens with one attached hydrogen (secondary N) is 1.